The van der Waals surface area contributed by atoms with Crippen LogP contribution in [-0.4, -0.2) is 53.8 Å². The Morgan fingerprint density at radius 2 is 1.26 bits per heavy atom. The second-order valence-corrected chi connectivity index (χ2v) is 8.09. The highest BCUT2D eigenvalue weighted by atomic mass is 16.2. The first kappa shape index (κ1) is 20.9. The second-order valence-electron chi connectivity index (χ2n) is 8.09. The molecule has 2 heterocycles. The highest BCUT2D eigenvalue weighted by Crippen LogP contribution is 2.25. The fraction of sp³-hybridized carbons (Fsp3) is 0.375. The number of nitrogens with zero attached hydrogens (tertiary/aromatic N) is 2. The van der Waals surface area contributed by atoms with Crippen LogP contribution in [0.2, 0.25) is 0 Å². The van der Waals surface area contributed by atoms with Crippen molar-refractivity contribution in [1.29, 1.82) is 0 Å². The third kappa shape index (κ3) is 5.05. The van der Waals surface area contributed by atoms with E-state index in [1.165, 1.54) is 0 Å². The number of carbonyl (C=O) groups is 3. The Morgan fingerprint density at radius 3 is 1.90 bits per heavy atom. The molecule has 2 saturated heterocycles. The Labute approximate surface area is 182 Å². The number of rotatable bonds is 4. The van der Waals surface area contributed by atoms with Crippen molar-refractivity contribution in [2.45, 2.75) is 25.7 Å². The van der Waals surface area contributed by atoms with Crippen LogP contribution in [-0.2, 0) is 4.79 Å². The smallest absolute Gasteiger partial charge is 0.319 e. The quantitative estimate of drug-likeness (QED) is 0.789. The van der Waals surface area contributed by atoms with Crippen LogP contribution in [0.1, 0.15) is 36.0 Å². The Balaban J connectivity index is 1.34. The SMILES string of the molecule is O=C(Nc1ccccc1NC(=O)C1CCN(C(=O)N2CCCC2)CC1)c1ccccc1. The number of anilines is 2. The molecule has 31 heavy (non-hydrogen) atoms. The standard InChI is InChI=1S/C24H28N4O3/c29-22(18-8-2-1-3-9-18)25-20-10-4-5-11-21(20)26-23(30)19-12-16-28(17-13-19)24(31)27-14-6-7-15-27/h1-5,8-11,19H,6-7,12-17H2,(H,25,29)(H,26,30). The molecule has 4 rings (SSSR count). The number of nitrogens with one attached hydrogen (secondary N) is 2. The summed E-state index contributed by atoms with van der Waals surface area (Å²) in [6.07, 6.45) is 3.43. The lowest BCUT2D eigenvalue weighted by Gasteiger charge is -2.34. The van der Waals surface area contributed by atoms with E-state index in [0.29, 0.717) is 42.9 Å². The molecular weight excluding hydrogens is 392 g/mol. The van der Waals surface area contributed by atoms with Crippen LogP contribution < -0.4 is 10.6 Å². The van der Waals surface area contributed by atoms with E-state index in [1.54, 1.807) is 24.3 Å². The number of likely N-dealkylation sites (tertiary alicyclic amines) is 2. The van der Waals surface area contributed by atoms with Crippen LogP contribution in [0.5, 0.6) is 0 Å². The van der Waals surface area contributed by atoms with E-state index in [9.17, 15) is 14.4 Å². The van der Waals surface area contributed by atoms with Gasteiger partial charge in [0.25, 0.3) is 5.91 Å². The molecule has 0 atom stereocenters. The van der Waals surface area contributed by atoms with Crippen molar-refractivity contribution < 1.29 is 14.4 Å². The maximum atomic E-state index is 12.9. The summed E-state index contributed by atoms with van der Waals surface area (Å²) in [5.41, 5.74) is 1.69. The fourth-order valence-electron chi connectivity index (χ4n) is 4.16. The van der Waals surface area contributed by atoms with Crippen LogP contribution in [0.15, 0.2) is 54.6 Å². The average molecular weight is 421 g/mol. The van der Waals surface area contributed by atoms with Crippen molar-refractivity contribution in [3.8, 4) is 0 Å². The highest BCUT2D eigenvalue weighted by molar-refractivity contribution is 6.07. The van der Waals surface area contributed by atoms with E-state index in [2.05, 4.69) is 10.6 Å². The molecule has 2 aromatic rings. The van der Waals surface area contributed by atoms with Gasteiger partial charge >= 0.3 is 6.03 Å². The maximum Gasteiger partial charge on any atom is 0.319 e. The van der Waals surface area contributed by atoms with E-state index in [4.69, 9.17) is 0 Å². The number of hydrogen-bond acceptors (Lipinski definition) is 3. The minimum atomic E-state index is -0.226. The van der Waals surface area contributed by atoms with E-state index < -0.39 is 0 Å². The Kier molecular flexibility index (Phi) is 6.50. The summed E-state index contributed by atoms with van der Waals surface area (Å²) in [7, 11) is 0. The van der Waals surface area contributed by atoms with Gasteiger partial charge in [-0.1, -0.05) is 30.3 Å². The molecule has 0 spiro atoms. The molecule has 2 fully saturated rings. The summed E-state index contributed by atoms with van der Waals surface area (Å²) in [5, 5.41) is 5.84. The average Bonchev–Trinajstić information content (AvgIpc) is 3.35. The molecule has 2 aliphatic rings. The molecule has 2 N–H and O–H groups in total. The van der Waals surface area contributed by atoms with Crippen LogP contribution in [0, 0.1) is 5.92 Å². The molecular formula is C24H28N4O3. The molecule has 7 heteroatoms. The van der Waals surface area contributed by atoms with Crippen LogP contribution in [0.4, 0.5) is 16.2 Å². The van der Waals surface area contributed by atoms with Gasteiger partial charge in [-0.25, -0.2) is 4.79 Å². The topological polar surface area (TPSA) is 81.8 Å². The summed E-state index contributed by atoms with van der Waals surface area (Å²) in [6, 6.07) is 16.3. The zero-order valence-corrected chi connectivity index (χ0v) is 17.5. The van der Waals surface area contributed by atoms with Crippen LogP contribution >= 0.6 is 0 Å². The molecule has 7 nitrogen and oxygen atoms in total. The summed E-state index contributed by atoms with van der Waals surface area (Å²) in [5.74, 6) is -0.453. The van der Waals surface area contributed by atoms with Gasteiger partial charge in [0.2, 0.25) is 5.91 Å². The largest absolute Gasteiger partial charge is 0.325 e. The number of para-hydroxylation sites is 2. The van der Waals surface area contributed by atoms with E-state index in [0.717, 1.165) is 25.9 Å². The second kappa shape index (κ2) is 9.64. The first-order valence-electron chi connectivity index (χ1n) is 10.9. The van der Waals surface area contributed by atoms with Crippen molar-refractivity contribution in [2.75, 3.05) is 36.8 Å². The minimum absolute atomic E-state index is 0.0744. The third-order valence-corrected chi connectivity index (χ3v) is 5.98. The number of hydrogen-bond donors (Lipinski definition) is 2. The Bertz CT molecular complexity index is 933. The van der Waals surface area contributed by atoms with Gasteiger partial charge in [-0.05, 0) is 49.9 Å². The van der Waals surface area contributed by atoms with Crippen molar-refractivity contribution in [3.05, 3.63) is 60.2 Å². The number of carbonyl (C=O) groups excluding carboxylic acids is 3. The summed E-state index contributed by atoms with van der Waals surface area (Å²) >= 11 is 0. The number of urea groups is 1. The predicted octanol–water partition coefficient (Wildman–Crippen LogP) is 3.81. The third-order valence-electron chi connectivity index (χ3n) is 5.98. The lowest BCUT2D eigenvalue weighted by atomic mass is 9.96. The molecule has 2 aromatic carbocycles. The van der Waals surface area contributed by atoms with Crippen LogP contribution in [0.25, 0.3) is 0 Å². The number of piperidine rings is 1. The van der Waals surface area contributed by atoms with Crippen molar-refractivity contribution in [3.63, 3.8) is 0 Å². The Hall–Kier alpha value is -3.35. The van der Waals surface area contributed by atoms with Gasteiger partial charge in [0.15, 0.2) is 0 Å². The number of benzene rings is 2. The van der Waals surface area contributed by atoms with Gasteiger partial charge in [-0.3, -0.25) is 9.59 Å². The molecule has 0 unspecified atom stereocenters. The van der Waals surface area contributed by atoms with Gasteiger partial charge in [-0.2, -0.15) is 0 Å². The van der Waals surface area contributed by atoms with Gasteiger partial charge in [0.05, 0.1) is 11.4 Å². The number of amides is 4. The molecule has 162 valence electrons. The normalized spacial score (nSPS) is 16.8. The fourth-order valence-corrected chi connectivity index (χ4v) is 4.16. The summed E-state index contributed by atoms with van der Waals surface area (Å²) < 4.78 is 0. The van der Waals surface area contributed by atoms with Gasteiger partial charge < -0.3 is 20.4 Å². The van der Waals surface area contributed by atoms with E-state index >= 15 is 0 Å². The molecule has 4 amide bonds. The molecule has 0 aromatic heterocycles. The van der Waals surface area contributed by atoms with Gasteiger partial charge in [0.1, 0.15) is 0 Å². The molecule has 0 aliphatic carbocycles. The molecule has 0 radical (unpaired) electrons. The lowest BCUT2D eigenvalue weighted by Crippen LogP contribution is -2.47. The Morgan fingerprint density at radius 1 is 0.710 bits per heavy atom. The monoisotopic (exact) mass is 420 g/mol. The lowest BCUT2D eigenvalue weighted by molar-refractivity contribution is -0.121. The van der Waals surface area contributed by atoms with E-state index in [-0.39, 0.29) is 23.8 Å². The summed E-state index contributed by atoms with van der Waals surface area (Å²) in [4.78, 5) is 41.7. The van der Waals surface area contributed by atoms with Crippen molar-refractivity contribution in [1.82, 2.24) is 9.80 Å². The van der Waals surface area contributed by atoms with Crippen molar-refractivity contribution >= 4 is 29.2 Å². The van der Waals surface area contributed by atoms with Crippen molar-refractivity contribution in [2.24, 2.45) is 5.92 Å². The van der Waals surface area contributed by atoms with E-state index in [1.807, 2.05) is 40.1 Å². The zero-order chi connectivity index (χ0) is 21.6. The maximum absolute atomic E-state index is 12.9. The zero-order valence-electron chi connectivity index (χ0n) is 17.5. The first-order chi connectivity index (χ1) is 15.1. The highest BCUT2D eigenvalue weighted by Gasteiger charge is 2.30. The van der Waals surface area contributed by atoms with Gasteiger partial charge in [0, 0.05) is 37.7 Å². The predicted molar refractivity (Wildman–Crippen MR) is 120 cm³/mol. The molecule has 0 bridgehead atoms. The molecule has 2 aliphatic heterocycles. The van der Waals surface area contributed by atoms with Crippen LogP contribution in [0.3, 0.4) is 0 Å². The summed E-state index contributed by atoms with van der Waals surface area (Å²) in [6.45, 7) is 2.87. The molecule has 0 saturated carbocycles. The first-order valence-corrected chi connectivity index (χ1v) is 10.9. The minimum Gasteiger partial charge on any atom is -0.325 e. The van der Waals surface area contributed by atoms with Gasteiger partial charge in [-0.15, -0.1) is 0 Å².